The quantitative estimate of drug-likeness (QED) is 0.180. The number of hydrogen-bond donors (Lipinski definition) is 2. The monoisotopic (exact) mass is 465 g/mol. The van der Waals surface area contributed by atoms with Gasteiger partial charge in [0.15, 0.2) is 0 Å². The lowest BCUT2D eigenvalue weighted by atomic mass is 10.2. The number of nitrogens with zero attached hydrogens (tertiary/aromatic N) is 1. The number of para-hydroxylation sites is 1. The maximum absolute atomic E-state index is 12.4. The third-order valence-corrected chi connectivity index (χ3v) is 4.42. The van der Waals surface area contributed by atoms with Gasteiger partial charge >= 0.3 is 17.8 Å². The van der Waals surface area contributed by atoms with Gasteiger partial charge < -0.3 is 14.8 Å². The highest BCUT2D eigenvalue weighted by atomic mass is 35.5. The molecule has 0 saturated carbocycles. The Morgan fingerprint density at radius 1 is 0.970 bits per heavy atom. The molecule has 0 radical (unpaired) electrons. The molecule has 0 unspecified atom stereocenters. The summed E-state index contributed by atoms with van der Waals surface area (Å²) < 4.78 is 10.7. The Kier molecular flexibility index (Phi) is 8.15. The van der Waals surface area contributed by atoms with Crippen LogP contribution in [0.1, 0.15) is 22.8 Å². The van der Waals surface area contributed by atoms with E-state index >= 15 is 0 Å². The lowest BCUT2D eigenvalue weighted by Crippen LogP contribution is -2.32. The second-order valence-electron chi connectivity index (χ2n) is 6.55. The Morgan fingerprint density at radius 3 is 2.45 bits per heavy atom. The van der Waals surface area contributed by atoms with Crippen LogP contribution < -0.4 is 20.2 Å². The molecule has 0 heterocycles. The normalized spacial score (nSPS) is 10.5. The zero-order chi connectivity index (χ0) is 23.6. The van der Waals surface area contributed by atoms with Gasteiger partial charge in [-0.15, -0.1) is 0 Å². The number of halogens is 1. The van der Waals surface area contributed by atoms with Crippen LogP contribution in [0.2, 0.25) is 5.02 Å². The number of esters is 1. The van der Waals surface area contributed by atoms with Crippen LogP contribution >= 0.6 is 11.6 Å². The van der Waals surface area contributed by atoms with Gasteiger partial charge in [0, 0.05) is 16.3 Å². The maximum atomic E-state index is 12.4. The second-order valence-corrected chi connectivity index (χ2v) is 6.98. The van der Waals surface area contributed by atoms with E-state index in [1.54, 1.807) is 66.7 Å². The fourth-order valence-electron chi connectivity index (χ4n) is 2.65. The Bertz CT molecular complexity index is 1180. The number of amides is 2. The molecule has 0 saturated heterocycles. The molecule has 3 aromatic rings. The zero-order valence-electron chi connectivity index (χ0n) is 17.6. The average Bonchev–Trinajstić information content (AvgIpc) is 2.81. The standard InChI is InChI=1S/C24H20ClN3O5/c1-2-32-20-12-10-19(11-13-20)27-22(29)23(30)28-26-15-17-6-3-4-9-21(17)33-24(31)16-7-5-8-18(25)14-16/h3-15H,2H2,1H3,(H,27,29)(H,28,30). The topological polar surface area (TPSA) is 106 Å². The van der Waals surface area contributed by atoms with Gasteiger partial charge in [-0.2, -0.15) is 5.10 Å². The van der Waals surface area contributed by atoms with Gasteiger partial charge in [-0.1, -0.05) is 29.8 Å². The van der Waals surface area contributed by atoms with Crippen molar-refractivity contribution in [3.8, 4) is 11.5 Å². The average molecular weight is 466 g/mol. The van der Waals surface area contributed by atoms with Gasteiger partial charge in [0.25, 0.3) is 0 Å². The highest BCUT2D eigenvalue weighted by Gasteiger charge is 2.14. The molecule has 0 bridgehead atoms. The lowest BCUT2D eigenvalue weighted by molar-refractivity contribution is -0.136. The molecule has 0 aromatic heterocycles. The van der Waals surface area contributed by atoms with E-state index in [0.717, 1.165) is 0 Å². The molecular weight excluding hydrogens is 446 g/mol. The Morgan fingerprint density at radius 2 is 1.73 bits per heavy atom. The third-order valence-electron chi connectivity index (χ3n) is 4.18. The number of hydrogen-bond acceptors (Lipinski definition) is 6. The molecule has 0 fully saturated rings. The molecule has 0 atom stereocenters. The Labute approximate surface area is 195 Å². The van der Waals surface area contributed by atoms with Crippen LogP contribution in [-0.2, 0) is 9.59 Å². The summed E-state index contributed by atoms with van der Waals surface area (Å²) in [6, 6.07) is 19.5. The molecule has 2 N–H and O–H groups in total. The number of anilines is 1. The first kappa shape index (κ1) is 23.5. The molecule has 8 nitrogen and oxygen atoms in total. The highest BCUT2D eigenvalue weighted by molar-refractivity contribution is 6.39. The number of carbonyl (C=O) groups is 3. The Balaban J connectivity index is 1.59. The molecule has 2 amide bonds. The van der Waals surface area contributed by atoms with Gasteiger partial charge in [-0.05, 0) is 61.5 Å². The van der Waals surface area contributed by atoms with Crippen molar-refractivity contribution in [3.05, 3.63) is 88.9 Å². The highest BCUT2D eigenvalue weighted by Crippen LogP contribution is 2.19. The lowest BCUT2D eigenvalue weighted by Gasteiger charge is -2.08. The van der Waals surface area contributed by atoms with E-state index in [-0.39, 0.29) is 11.3 Å². The third kappa shape index (κ3) is 6.91. The minimum Gasteiger partial charge on any atom is -0.494 e. The van der Waals surface area contributed by atoms with E-state index in [9.17, 15) is 14.4 Å². The maximum Gasteiger partial charge on any atom is 0.343 e. The minimum absolute atomic E-state index is 0.222. The van der Waals surface area contributed by atoms with Crippen LogP contribution in [0.25, 0.3) is 0 Å². The van der Waals surface area contributed by atoms with Crippen molar-refractivity contribution >= 4 is 41.3 Å². The number of hydrazone groups is 1. The number of rotatable bonds is 7. The van der Waals surface area contributed by atoms with Crippen molar-refractivity contribution < 1.29 is 23.9 Å². The molecule has 168 valence electrons. The number of benzene rings is 3. The zero-order valence-corrected chi connectivity index (χ0v) is 18.3. The Hall–Kier alpha value is -4.17. The first-order valence-corrected chi connectivity index (χ1v) is 10.3. The van der Waals surface area contributed by atoms with Crippen LogP contribution in [0.4, 0.5) is 5.69 Å². The smallest absolute Gasteiger partial charge is 0.343 e. The minimum atomic E-state index is -0.964. The van der Waals surface area contributed by atoms with E-state index in [2.05, 4.69) is 15.8 Å². The second kappa shape index (κ2) is 11.4. The van der Waals surface area contributed by atoms with Crippen LogP contribution in [0, 0.1) is 0 Å². The number of nitrogens with one attached hydrogen (secondary N) is 2. The largest absolute Gasteiger partial charge is 0.494 e. The van der Waals surface area contributed by atoms with Gasteiger partial charge in [0.2, 0.25) is 0 Å². The molecule has 33 heavy (non-hydrogen) atoms. The summed E-state index contributed by atoms with van der Waals surface area (Å²) in [5.74, 6) is -1.58. The summed E-state index contributed by atoms with van der Waals surface area (Å²) in [6.07, 6.45) is 1.27. The molecule has 0 aliphatic heterocycles. The van der Waals surface area contributed by atoms with E-state index in [0.29, 0.717) is 28.6 Å². The van der Waals surface area contributed by atoms with Crippen molar-refractivity contribution in [1.82, 2.24) is 5.43 Å². The van der Waals surface area contributed by atoms with Crippen LogP contribution in [0.5, 0.6) is 11.5 Å². The number of ether oxygens (including phenoxy) is 2. The molecule has 3 aromatic carbocycles. The molecule has 0 spiro atoms. The fourth-order valence-corrected chi connectivity index (χ4v) is 2.84. The number of carbonyl (C=O) groups excluding carboxylic acids is 3. The van der Waals surface area contributed by atoms with Crippen molar-refractivity contribution in [3.63, 3.8) is 0 Å². The summed E-state index contributed by atoms with van der Waals surface area (Å²) in [6.45, 7) is 2.39. The summed E-state index contributed by atoms with van der Waals surface area (Å²) in [7, 11) is 0. The van der Waals surface area contributed by atoms with Gasteiger partial charge in [0.1, 0.15) is 11.5 Å². The first-order chi connectivity index (χ1) is 16.0. The molecule has 9 heteroatoms. The predicted octanol–water partition coefficient (Wildman–Crippen LogP) is 4.05. The van der Waals surface area contributed by atoms with Crippen LogP contribution in [-0.4, -0.2) is 30.6 Å². The fraction of sp³-hybridized carbons (Fsp3) is 0.0833. The van der Waals surface area contributed by atoms with E-state index < -0.39 is 17.8 Å². The van der Waals surface area contributed by atoms with Crippen molar-refractivity contribution in [2.24, 2.45) is 5.10 Å². The van der Waals surface area contributed by atoms with Crippen molar-refractivity contribution in [2.45, 2.75) is 6.92 Å². The molecular formula is C24H20ClN3O5. The first-order valence-electron chi connectivity index (χ1n) is 9.90. The van der Waals surface area contributed by atoms with Gasteiger partial charge in [0.05, 0.1) is 18.4 Å². The van der Waals surface area contributed by atoms with Crippen molar-refractivity contribution in [1.29, 1.82) is 0 Å². The summed E-state index contributed by atoms with van der Waals surface area (Å²) in [5, 5.41) is 6.65. The van der Waals surface area contributed by atoms with Crippen molar-refractivity contribution in [2.75, 3.05) is 11.9 Å². The van der Waals surface area contributed by atoms with E-state index in [1.807, 2.05) is 6.92 Å². The molecule has 0 aliphatic carbocycles. The van der Waals surface area contributed by atoms with E-state index in [1.165, 1.54) is 12.3 Å². The van der Waals surface area contributed by atoms with E-state index in [4.69, 9.17) is 21.1 Å². The van der Waals surface area contributed by atoms with Gasteiger partial charge in [-0.3, -0.25) is 9.59 Å². The van der Waals surface area contributed by atoms with Crippen LogP contribution in [0.15, 0.2) is 77.9 Å². The van der Waals surface area contributed by atoms with Crippen LogP contribution in [0.3, 0.4) is 0 Å². The summed E-state index contributed by atoms with van der Waals surface area (Å²) >= 11 is 5.91. The summed E-state index contributed by atoms with van der Waals surface area (Å²) in [5.41, 5.74) is 3.27. The predicted molar refractivity (Wildman–Crippen MR) is 125 cm³/mol. The van der Waals surface area contributed by atoms with Gasteiger partial charge in [-0.25, -0.2) is 10.2 Å². The SMILES string of the molecule is CCOc1ccc(NC(=O)C(=O)NN=Cc2ccccc2OC(=O)c2cccc(Cl)c2)cc1. The molecule has 3 rings (SSSR count). The summed E-state index contributed by atoms with van der Waals surface area (Å²) in [4.78, 5) is 36.4. The molecule has 0 aliphatic rings.